The van der Waals surface area contributed by atoms with E-state index in [1.54, 1.807) is 0 Å². The van der Waals surface area contributed by atoms with Gasteiger partial charge in [0.2, 0.25) is 0 Å². The minimum absolute atomic E-state index is 0.0208. The van der Waals surface area contributed by atoms with Crippen LogP contribution >= 0.6 is 0 Å². The number of aliphatic imine (C=N–C) groups is 1. The molecule has 1 saturated heterocycles. The van der Waals surface area contributed by atoms with Crippen molar-refractivity contribution in [3.63, 3.8) is 0 Å². The van der Waals surface area contributed by atoms with Crippen LogP contribution in [0.15, 0.2) is 72.2 Å². The van der Waals surface area contributed by atoms with Gasteiger partial charge >= 0.3 is 0 Å². The number of hydrogen-bond acceptors (Lipinski definition) is 3. The molecule has 2 unspecified atom stereocenters. The highest BCUT2D eigenvalue weighted by atomic mass is 16.5. The zero-order valence-electron chi connectivity index (χ0n) is 13.1. The van der Waals surface area contributed by atoms with Crippen LogP contribution in [0.1, 0.15) is 12.8 Å². The standard InChI is InChI=1S/C20H21NO2/c1-2-8-16-13-17(14-22)23-20(16)21-19-12-7-6-11-18(19)15-9-4-3-5-10-15/h2-7,9-12,16-17,22H,1,8,13-14H2. The number of aliphatic hydroxyl groups excluding tert-OH is 1. The van der Waals surface area contributed by atoms with Gasteiger partial charge in [-0.1, -0.05) is 54.6 Å². The van der Waals surface area contributed by atoms with Crippen molar-refractivity contribution in [3.8, 4) is 11.1 Å². The molecule has 1 aliphatic heterocycles. The third kappa shape index (κ3) is 3.51. The molecule has 3 nitrogen and oxygen atoms in total. The number of hydrogen-bond donors (Lipinski definition) is 1. The predicted octanol–water partition coefficient (Wildman–Crippen LogP) is 4.36. The molecule has 2 aromatic rings. The average Bonchev–Trinajstić information content (AvgIpc) is 2.98. The highest BCUT2D eigenvalue weighted by molar-refractivity contribution is 5.87. The first-order valence-corrected chi connectivity index (χ1v) is 7.93. The van der Waals surface area contributed by atoms with Crippen molar-refractivity contribution in [2.75, 3.05) is 6.61 Å². The molecule has 0 amide bonds. The predicted molar refractivity (Wildman–Crippen MR) is 93.9 cm³/mol. The van der Waals surface area contributed by atoms with Crippen LogP contribution < -0.4 is 0 Å². The SMILES string of the molecule is C=CCC1CC(CO)OC1=Nc1ccccc1-c1ccccc1. The van der Waals surface area contributed by atoms with Crippen LogP contribution in [-0.2, 0) is 4.74 Å². The molecular weight excluding hydrogens is 286 g/mol. The molecule has 3 heteroatoms. The zero-order valence-corrected chi connectivity index (χ0v) is 13.1. The second-order valence-corrected chi connectivity index (χ2v) is 5.71. The molecule has 0 spiro atoms. The van der Waals surface area contributed by atoms with E-state index in [1.807, 2.05) is 42.5 Å². The molecule has 3 rings (SSSR count). The third-order valence-corrected chi connectivity index (χ3v) is 4.06. The van der Waals surface area contributed by atoms with Gasteiger partial charge in [0.15, 0.2) is 5.90 Å². The van der Waals surface area contributed by atoms with Gasteiger partial charge in [-0.05, 0) is 24.5 Å². The summed E-state index contributed by atoms with van der Waals surface area (Å²) in [6.07, 6.45) is 3.31. The molecule has 1 heterocycles. The Hall–Kier alpha value is -2.39. The Labute approximate surface area is 137 Å². The first-order chi connectivity index (χ1) is 11.3. The number of benzene rings is 2. The Morgan fingerprint density at radius 1 is 1.13 bits per heavy atom. The van der Waals surface area contributed by atoms with E-state index in [0.717, 1.165) is 29.7 Å². The van der Waals surface area contributed by atoms with Crippen molar-refractivity contribution in [3.05, 3.63) is 67.3 Å². The van der Waals surface area contributed by atoms with Gasteiger partial charge in [0.25, 0.3) is 0 Å². The fourth-order valence-electron chi connectivity index (χ4n) is 2.91. The Morgan fingerprint density at radius 2 is 1.87 bits per heavy atom. The lowest BCUT2D eigenvalue weighted by Gasteiger charge is -2.10. The fourth-order valence-corrected chi connectivity index (χ4v) is 2.91. The van der Waals surface area contributed by atoms with Crippen molar-refractivity contribution in [1.82, 2.24) is 0 Å². The second-order valence-electron chi connectivity index (χ2n) is 5.71. The summed E-state index contributed by atoms with van der Waals surface area (Å²) >= 11 is 0. The first-order valence-electron chi connectivity index (χ1n) is 7.93. The second kappa shape index (κ2) is 7.25. The summed E-state index contributed by atoms with van der Waals surface area (Å²) in [6.45, 7) is 3.83. The maximum Gasteiger partial charge on any atom is 0.192 e. The Morgan fingerprint density at radius 3 is 2.61 bits per heavy atom. The van der Waals surface area contributed by atoms with Gasteiger partial charge < -0.3 is 9.84 Å². The number of aliphatic hydroxyl groups is 1. The van der Waals surface area contributed by atoms with E-state index in [-0.39, 0.29) is 18.6 Å². The lowest BCUT2D eigenvalue weighted by atomic mass is 10.0. The lowest BCUT2D eigenvalue weighted by molar-refractivity contribution is 0.124. The van der Waals surface area contributed by atoms with Gasteiger partial charge in [-0.3, -0.25) is 0 Å². The largest absolute Gasteiger partial charge is 0.475 e. The Kier molecular flexibility index (Phi) is 4.89. The van der Waals surface area contributed by atoms with E-state index >= 15 is 0 Å². The molecule has 23 heavy (non-hydrogen) atoms. The Balaban J connectivity index is 1.97. The van der Waals surface area contributed by atoms with Crippen molar-refractivity contribution in [2.45, 2.75) is 18.9 Å². The number of ether oxygens (including phenoxy) is 1. The van der Waals surface area contributed by atoms with E-state index in [1.165, 1.54) is 0 Å². The van der Waals surface area contributed by atoms with Crippen LogP contribution in [0.5, 0.6) is 0 Å². The molecule has 0 aromatic heterocycles. The topological polar surface area (TPSA) is 41.8 Å². The number of nitrogens with zero attached hydrogens (tertiary/aromatic N) is 1. The van der Waals surface area contributed by atoms with E-state index in [9.17, 15) is 5.11 Å². The van der Waals surface area contributed by atoms with Gasteiger partial charge in [0.1, 0.15) is 6.10 Å². The molecule has 118 valence electrons. The molecular formula is C20H21NO2. The van der Waals surface area contributed by atoms with Crippen LogP contribution in [0, 0.1) is 5.92 Å². The molecule has 0 bridgehead atoms. The average molecular weight is 307 g/mol. The molecule has 0 aliphatic carbocycles. The number of allylic oxidation sites excluding steroid dienone is 1. The minimum atomic E-state index is -0.164. The molecule has 1 N–H and O–H groups in total. The first kappa shape index (κ1) is 15.5. The van der Waals surface area contributed by atoms with E-state index in [4.69, 9.17) is 9.73 Å². The monoisotopic (exact) mass is 307 g/mol. The van der Waals surface area contributed by atoms with E-state index < -0.39 is 0 Å². The molecule has 1 aliphatic rings. The van der Waals surface area contributed by atoms with Crippen molar-refractivity contribution >= 4 is 11.6 Å². The van der Waals surface area contributed by atoms with Crippen LogP contribution in [0.3, 0.4) is 0 Å². The molecule has 0 radical (unpaired) electrons. The van der Waals surface area contributed by atoms with Crippen LogP contribution in [-0.4, -0.2) is 23.7 Å². The molecule has 2 atom stereocenters. The number of rotatable bonds is 5. The molecule has 0 saturated carbocycles. The summed E-state index contributed by atoms with van der Waals surface area (Å²) in [5.74, 6) is 0.890. The minimum Gasteiger partial charge on any atom is -0.475 e. The quantitative estimate of drug-likeness (QED) is 0.834. The van der Waals surface area contributed by atoms with Gasteiger partial charge in [-0.2, -0.15) is 0 Å². The van der Waals surface area contributed by atoms with Crippen LogP contribution in [0.4, 0.5) is 5.69 Å². The van der Waals surface area contributed by atoms with Crippen molar-refractivity contribution in [1.29, 1.82) is 0 Å². The lowest BCUT2D eigenvalue weighted by Crippen LogP contribution is -2.11. The summed E-state index contributed by atoms with van der Waals surface area (Å²) in [5.41, 5.74) is 3.10. The maximum absolute atomic E-state index is 9.36. The smallest absolute Gasteiger partial charge is 0.192 e. The summed E-state index contributed by atoms with van der Waals surface area (Å²) in [5, 5.41) is 9.36. The van der Waals surface area contributed by atoms with Crippen molar-refractivity contribution < 1.29 is 9.84 Å². The third-order valence-electron chi connectivity index (χ3n) is 4.06. The maximum atomic E-state index is 9.36. The molecule has 1 fully saturated rings. The van der Waals surface area contributed by atoms with E-state index in [0.29, 0.717) is 5.90 Å². The van der Waals surface area contributed by atoms with Gasteiger partial charge in [-0.25, -0.2) is 4.99 Å². The summed E-state index contributed by atoms with van der Waals surface area (Å²) in [7, 11) is 0. The fraction of sp³-hybridized carbons (Fsp3) is 0.250. The highest BCUT2D eigenvalue weighted by Crippen LogP contribution is 2.33. The van der Waals surface area contributed by atoms with Crippen molar-refractivity contribution in [2.24, 2.45) is 10.9 Å². The van der Waals surface area contributed by atoms with Gasteiger partial charge in [0, 0.05) is 11.5 Å². The molecule has 2 aromatic carbocycles. The normalized spacial score (nSPS) is 22.0. The van der Waals surface area contributed by atoms with Gasteiger partial charge in [-0.15, -0.1) is 6.58 Å². The van der Waals surface area contributed by atoms with Crippen LogP contribution in [0.25, 0.3) is 11.1 Å². The highest BCUT2D eigenvalue weighted by Gasteiger charge is 2.31. The summed E-state index contributed by atoms with van der Waals surface area (Å²) < 4.78 is 5.82. The van der Waals surface area contributed by atoms with E-state index in [2.05, 4.69) is 24.8 Å². The summed E-state index contributed by atoms with van der Waals surface area (Å²) in [4.78, 5) is 4.77. The van der Waals surface area contributed by atoms with Crippen LogP contribution in [0.2, 0.25) is 0 Å². The number of para-hydroxylation sites is 1. The van der Waals surface area contributed by atoms with Gasteiger partial charge in [0.05, 0.1) is 12.3 Å². The summed E-state index contributed by atoms with van der Waals surface area (Å²) in [6, 6.07) is 18.3. The Bertz CT molecular complexity index is 694. The zero-order chi connectivity index (χ0) is 16.1.